The summed E-state index contributed by atoms with van der Waals surface area (Å²) in [6, 6.07) is 7.72. The zero-order valence-corrected chi connectivity index (χ0v) is 11.7. The molecule has 0 amide bonds. The summed E-state index contributed by atoms with van der Waals surface area (Å²) in [7, 11) is 1.42. The van der Waals surface area contributed by atoms with Gasteiger partial charge in [0, 0.05) is 6.04 Å². The van der Waals surface area contributed by atoms with Crippen LogP contribution in [0, 0.1) is 0 Å². The van der Waals surface area contributed by atoms with Crippen LogP contribution in [0.2, 0.25) is 0 Å². The lowest BCUT2D eigenvalue weighted by atomic mass is 9.62. The first-order chi connectivity index (χ1) is 8.98. The molecule has 0 radical (unpaired) electrons. The van der Waals surface area contributed by atoms with Crippen LogP contribution in [0.4, 0.5) is 0 Å². The van der Waals surface area contributed by atoms with Crippen molar-refractivity contribution in [3.05, 3.63) is 29.8 Å². The molecule has 19 heavy (non-hydrogen) atoms. The van der Waals surface area contributed by atoms with Gasteiger partial charge in [0.2, 0.25) is 0 Å². The van der Waals surface area contributed by atoms with E-state index in [1.807, 2.05) is 38.1 Å². The molecule has 0 aromatic heterocycles. The van der Waals surface area contributed by atoms with E-state index in [2.05, 4.69) is 0 Å². The molecular formula is C15H21NO3. The molecule has 4 heteroatoms. The summed E-state index contributed by atoms with van der Waals surface area (Å²) in [5.41, 5.74) is 6.24. The third-order valence-corrected chi connectivity index (χ3v) is 3.58. The van der Waals surface area contributed by atoms with Gasteiger partial charge in [0.1, 0.15) is 5.75 Å². The second-order valence-corrected chi connectivity index (χ2v) is 5.43. The lowest BCUT2D eigenvalue weighted by molar-refractivity contribution is -0.152. The first kappa shape index (κ1) is 13.9. The van der Waals surface area contributed by atoms with Crippen LogP contribution in [0.25, 0.3) is 0 Å². The van der Waals surface area contributed by atoms with Crippen molar-refractivity contribution in [2.75, 3.05) is 7.11 Å². The number of carbonyl (C=O) groups is 1. The van der Waals surface area contributed by atoms with E-state index in [0.717, 1.165) is 11.3 Å². The Morgan fingerprint density at radius 2 is 1.89 bits per heavy atom. The van der Waals surface area contributed by atoms with E-state index in [0.29, 0.717) is 12.8 Å². The van der Waals surface area contributed by atoms with Gasteiger partial charge in [-0.05, 0) is 44.4 Å². The summed E-state index contributed by atoms with van der Waals surface area (Å²) >= 11 is 0. The minimum atomic E-state index is -0.565. The molecule has 0 heterocycles. The highest BCUT2D eigenvalue weighted by Crippen LogP contribution is 2.44. The third kappa shape index (κ3) is 2.59. The monoisotopic (exact) mass is 263 g/mol. The lowest BCUT2D eigenvalue weighted by Gasteiger charge is -2.43. The van der Waals surface area contributed by atoms with Gasteiger partial charge in [-0.1, -0.05) is 12.1 Å². The minimum absolute atomic E-state index is 0.0747. The van der Waals surface area contributed by atoms with Crippen LogP contribution in [-0.4, -0.2) is 25.2 Å². The molecular weight excluding hydrogens is 242 g/mol. The minimum Gasteiger partial charge on any atom is -0.491 e. The smallest absolute Gasteiger partial charge is 0.316 e. The van der Waals surface area contributed by atoms with Gasteiger partial charge >= 0.3 is 5.97 Å². The number of ether oxygens (including phenoxy) is 2. The van der Waals surface area contributed by atoms with Crippen LogP contribution in [0.1, 0.15) is 32.3 Å². The van der Waals surface area contributed by atoms with Gasteiger partial charge in [0.05, 0.1) is 18.6 Å². The van der Waals surface area contributed by atoms with Gasteiger partial charge < -0.3 is 15.2 Å². The Morgan fingerprint density at radius 1 is 1.32 bits per heavy atom. The largest absolute Gasteiger partial charge is 0.491 e. The highest BCUT2D eigenvalue weighted by molar-refractivity contribution is 5.84. The molecule has 104 valence electrons. The molecule has 0 spiro atoms. The SMILES string of the molecule is COC(=O)C1(c2ccc(OC(C)C)cc2)CC(N)C1. The summed E-state index contributed by atoms with van der Waals surface area (Å²) in [5.74, 6) is 0.606. The van der Waals surface area contributed by atoms with Gasteiger partial charge in [-0.25, -0.2) is 0 Å². The molecule has 0 aliphatic heterocycles. The zero-order valence-electron chi connectivity index (χ0n) is 11.7. The van der Waals surface area contributed by atoms with Gasteiger partial charge in [-0.3, -0.25) is 4.79 Å². The second-order valence-electron chi connectivity index (χ2n) is 5.43. The van der Waals surface area contributed by atoms with Crippen molar-refractivity contribution in [3.63, 3.8) is 0 Å². The van der Waals surface area contributed by atoms with Crippen LogP contribution < -0.4 is 10.5 Å². The highest BCUT2D eigenvalue weighted by Gasteiger charge is 2.51. The van der Waals surface area contributed by atoms with E-state index in [1.165, 1.54) is 7.11 Å². The average Bonchev–Trinajstić information content (AvgIpc) is 2.34. The second kappa shape index (κ2) is 5.21. The Kier molecular flexibility index (Phi) is 3.80. The van der Waals surface area contributed by atoms with E-state index in [4.69, 9.17) is 15.2 Å². The fourth-order valence-electron chi connectivity index (χ4n) is 2.68. The number of benzene rings is 1. The van der Waals surface area contributed by atoms with Crippen molar-refractivity contribution in [2.45, 2.75) is 44.2 Å². The fourth-order valence-corrected chi connectivity index (χ4v) is 2.68. The molecule has 1 aliphatic rings. The summed E-state index contributed by atoms with van der Waals surface area (Å²) in [6.07, 6.45) is 1.42. The van der Waals surface area contributed by atoms with Gasteiger partial charge in [-0.2, -0.15) is 0 Å². The first-order valence-electron chi connectivity index (χ1n) is 6.59. The summed E-state index contributed by atoms with van der Waals surface area (Å²) in [4.78, 5) is 12.0. The molecule has 1 aromatic carbocycles. The molecule has 0 atom stereocenters. The standard InChI is InChI=1S/C15H21NO3/c1-10(2)19-13-6-4-11(5-7-13)15(14(17)18-3)8-12(16)9-15/h4-7,10,12H,8-9,16H2,1-3H3. The van der Waals surface area contributed by atoms with Crippen LogP contribution >= 0.6 is 0 Å². The fraction of sp³-hybridized carbons (Fsp3) is 0.533. The Balaban J connectivity index is 2.22. The van der Waals surface area contributed by atoms with Crippen LogP contribution in [0.15, 0.2) is 24.3 Å². The van der Waals surface area contributed by atoms with Crippen molar-refractivity contribution >= 4 is 5.97 Å². The Hall–Kier alpha value is -1.55. The van der Waals surface area contributed by atoms with E-state index >= 15 is 0 Å². The zero-order chi connectivity index (χ0) is 14.0. The Morgan fingerprint density at radius 3 is 2.32 bits per heavy atom. The maximum absolute atomic E-state index is 12.0. The number of nitrogens with two attached hydrogens (primary N) is 1. The molecule has 2 rings (SSSR count). The third-order valence-electron chi connectivity index (χ3n) is 3.58. The number of methoxy groups -OCH3 is 1. The molecule has 1 aliphatic carbocycles. The van der Waals surface area contributed by atoms with Crippen LogP contribution in [0.5, 0.6) is 5.75 Å². The molecule has 1 aromatic rings. The van der Waals surface area contributed by atoms with Crippen molar-refractivity contribution < 1.29 is 14.3 Å². The van der Waals surface area contributed by atoms with E-state index < -0.39 is 5.41 Å². The topological polar surface area (TPSA) is 61.5 Å². The van der Waals surface area contributed by atoms with Gasteiger partial charge in [-0.15, -0.1) is 0 Å². The van der Waals surface area contributed by atoms with Crippen molar-refractivity contribution in [1.82, 2.24) is 0 Å². The average molecular weight is 263 g/mol. The summed E-state index contributed by atoms with van der Waals surface area (Å²) in [5, 5.41) is 0. The number of carbonyl (C=O) groups excluding carboxylic acids is 1. The predicted octanol–water partition coefficient (Wildman–Crippen LogP) is 2.01. The predicted molar refractivity (Wildman–Crippen MR) is 73.1 cm³/mol. The number of esters is 1. The number of hydrogen-bond donors (Lipinski definition) is 1. The molecule has 2 N–H and O–H groups in total. The maximum atomic E-state index is 12.0. The summed E-state index contributed by atoms with van der Waals surface area (Å²) in [6.45, 7) is 3.96. The quantitative estimate of drug-likeness (QED) is 0.844. The van der Waals surface area contributed by atoms with Crippen LogP contribution in [-0.2, 0) is 14.9 Å². The molecule has 0 unspecified atom stereocenters. The van der Waals surface area contributed by atoms with Gasteiger partial charge in [0.25, 0.3) is 0 Å². The highest BCUT2D eigenvalue weighted by atomic mass is 16.5. The van der Waals surface area contributed by atoms with Crippen molar-refractivity contribution in [3.8, 4) is 5.75 Å². The van der Waals surface area contributed by atoms with E-state index in [-0.39, 0.29) is 18.1 Å². The normalized spacial score (nSPS) is 25.8. The maximum Gasteiger partial charge on any atom is 0.316 e. The number of rotatable bonds is 4. The Labute approximate surface area is 113 Å². The molecule has 0 saturated heterocycles. The van der Waals surface area contributed by atoms with Crippen molar-refractivity contribution in [2.24, 2.45) is 5.73 Å². The Bertz CT molecular complexity index is 447. The molecule has 0 bridgehead atoms. The first-order valence-corrected chi connectivity index (χ1v) is 6.59. The lowest BCUT2D eigenvalue weighted by Crippen LogP contribution is -2.54. The molecule has 1 saturated carbocycles. The summed E-state index contributed by atoms with van der Waals surface area (Å²) < 4.78 is 10.5. The molecule has 1 fully saturated rings. The van der Waals surface area contributed by atoms with Crippen molar-refractivity contribution in [1.29, 1.82) is 0 Å². The van der Waals surface area contributed by atoms with Gasteiger partial charge in [0.15, 0.2) is 0 Å². The number of hydrogen-bond acceptors (Lipinski definition) is 4. The molecule has 4 nitrogen and oxygen atoms in total. The van der Waals surface area contributed by atoms with E-state index in [1.54, 1.807) is 0 Å². The van der Waals surface area contributed by atoms with Crippen LogP contribution in [0.3, 0.4) is 0 Å². The van der Waals surface area contributed by atoms with E-state index in [9.17, 15) is 4.79 Å².